The molecule has 1 aliphatic rings. The molecule has 0 saturated carbocycles. The summed E-state index contributed by atoms with van der Waals surface area (Å²) in [7, 11) is 4.92. The van der Waals surface area contributed by atoms with Gasteiger partial charge in [0.25, 0.3) is 5.91 Å². The van der Waals surface area contributed by atoms with Crippen LogP contribution in [-0.2, 0) is 0 Å². The molecule has 0 unspecified atom stereocenters. The first-order valence-electron chi connectivity index (χ1n) is 11.1. The van der Waals surface area contributed by atoms with Gasteiger partial charge in [-0.1, -0.05) is 18.2 Å². The highest BCUT2D eigenvalue weighted by atomic mass is 16.5. The predicted molar refractivity (Wildman–Crippen MR) is 129 cm³/mol. The van der Waals surface area contributed by atoms with Crippen molar-refractivity contribution in [2.75, 3.05) is 39.6 Å². The Labute approximate surface area is 193 Å². The van der Waals surface area contributed by atoms with Gasteiger partial charge in [0.2, 0.25) is 0 Å². The second-order valence-corrected chi connectivity index (χ2v) is 8.04. The number of carbonyl (C=O) groups is 2. The number of ether oxygens (including phenoxy) is 1. The van der Waals surface area contributed by atoms with Gasteiger partial charge in [0.05, 0.1) is 23.9 Å². The number of fused-ring (bicyclic) bond motifs is 1. The number of carbonyl (C=O) groups excluding carboxylic acids is 2. The van der Waals surface area contributed by atoms with Gasteiger partial charge in [0.1, 0.15) is 5.75 Å². The quantitative estimate of drug-likeness (QED) is 0.552. The number of anilines is 2. The largest absolute Gasteiger partial charge is 0.496 e. The Kier molecular flexibility index (Phi) is 6.63. The molecule has 8 nitrogen and oxygen atoms in total. The summed E-state index contributed by atoms with van der Waals surface area (Å²) in [6.07, 6.45) is 3.26. The minimum absolute atomic E-state index is 0.0484. The number of nitrogens with zero attached hydrogens (tertiary/aromatic N) is 2. The summed E-state index contributed by atoms with van der Waals surface area (Å²) in [6, 6.07) is 13.7. The van der Waals surface area contributed by atoms with Crippen molar-refractivity contribution in [2.24, 2.45) is 0 Å². The molecule has 2 aromatic carbocycles. The second kappa shape index (κ2) is 9.77. The van der Waals surface area contributed by atoms with Gasteiger partial charge in [-0.2, -0.15) is 0 Å². The van der Waals surface area contributed by atoms with Gasteiger partial charge in [-0.15, -0.1) is 0 Å². The van der Waals surface area contributed by atoms with Crippen molar-refractivity contribution in [1.29, 1.82) is 0 Å². The van der Waals surface area contributed by atoms with Crippen molar-refractivity contribution in [2.45, 2.75) is 18.8 Å². The van der Waals surface area contributed by atoms with E-state index in [0.717, 1.165) is 40.7 Å². The molecule has 0 spiro atoms. The molecule has 1 saturated heterocycles. The molecule has 3 N–H and O–H groups in total. The van der Waals surface area contributed by atoms with Crippen molar-refractivity contribution >= 4 is 34.2 Å². The smallest absolute Gasteiger partial charge is 0.317 e. The monoisotopic (exact) mass is 447 g/mol. The molecule has 172 valence electrons. The zero-order chi connectivity index (χ0) is 23.4. The molecule has 3 aromatic rings. The van der Waals surface area contributed by atoms with Crippen LogP contribution in [0.1, 0.15) is 34.7 Å². The predicted octanol–water partition coefficient (Wildman–Crippen LogP) is 3.87. The lowest BCUT2D eigenvalue weighted by atomic mass is 9.87. The summed E-state index contributed by atoms with van der Waals surface area (Å²) in [5.74, 6) is 0.796. The molecule has 1 fully saturated rings. The highest BCUT2D eigenvalue weighted by molar-refractivity contribution is 6.08. The van der Waals surface area contributed by atoms with Crippen LogP contribution in [0.5, 0.6) is 5.75 Å². The lowest BCUT2D eigenvalue weighted by molar-refractivity contribution is 0.0963. The normalized spacial score (nSPS) is 14.1. The second-order valence-electron chi connectivity index (χ2n) is 8.04. The van der Waals surface area contributed by atoms with E-state index in [9.17, 15) is 9.59 Å². The van der Waals surface area contributed by atoms with Crippen LogP contribution in [0, 0.1) is 0 Å². The van der Waals surface area contributed by atoms with Gasteiger partial charge in [-0.05, 0) is 42.5 Å². The molecule has 8 heteroatoms. The summed E-state index contributed by atoms with van der Waals surface area (Å²) in [6.45, 7) is 1.36. The van der Waals surface area contributed by atoms with Gasteiger partial charge in [0.15, 0.2) is 0 Å². The summed E-state index contributed by atoms with van der Waals surface area (Å²) in [5.41, 5.74) is 3.86. The fraction of sp³-hybridized carbons (Fsp3) is 0.320. The molecule has 3 amide bonds. The number of urea groups is 1. The Morgan fingerprint density at radius 2 is 1.79 bits per heavy atom. The minimum atomic E-state index is -0.209. The van der Waals surface area contributed by atoms with Crippen molar-refractivity contribution < 1.29 is 14.3 Å². The number of pyridine rings is 1. The fourth-order valence-corrected chi connectivity index (χ4v) is 4.39. The summed E-state index contributed by atoms with van der Waals surface area (Å²) >= 11 is 0. The van der Waals surface area contributed by atoms with Gasteiger partial charge in [0, 0.05) is 50.5 Å². The Morgan fingerprint density at radius 3 is 2.42 bits per heavy atom. The molecule has 0 aliphatic carbocycles. The summed E-state index contributed by atoms with van der Waals surface area (Å²) < 4.78 is 5.73. The Balaban J connectivity index is 1.79. The average Bonchev–Trinajstić information content (AvgIpc) is 2.87. The zero-order valence-electron chi connectivity index (χ0n) is 19.1. The van der Waals surface area contributed by atoms with Crippen LogP contribution in [0.3, 0.4) is 0 Å². The number of aromatic nitrogens is 1. The number of benzene rings is 2. The number of amides is 3. The highest BCUT2D eigenvalue weighted by Gasteiger charge is 2.26. The van der Waals surface area contributed by atoms with E-state index in [1.807, 2.05) is 41.3 Å². The van der Waals surface area contributed by atoms with E-state index >= 15 is 0 Å². The van der Waals surface area contributed by atoms with Crippen LogP contribution in [0.15, 0.2) is 48.7 Å². The topological polar surface area (TPSA) is 95.6 Å². The van der Waals surface area contributed by atoms with E-state index in [1.54, 1.807) is 27.4 Å². The van der Waals surface area contributed by atoms with Gasteiger partial charge < -0.3 is 25.6 Å². The maximum Gasteiger partial charge on any atom is 0.317 e. The van der Waals surface area contributed by atoms with Crippen LogP contribution >= 0.6 is 0 Å². The van der Waals surface area contributed by atoms with E-state index in [0.29, 0.717) is 24.3 Å². The maximum atomic E-state index is 12.6. The number of hydrogen-bond acceptors (Lipinski definition) is 5. The highest BCUT2D eigenvalue weighted by Crippen LogP contribution is 2.39. The van der Waals surface area contributed by atoms with Gasteiger partial charge in [-0.25, -0.2) is 4.79 Å². The third kappa shape index (κ3) is 4.55. The van der Waals surface area contributed by atoms with Gasteiger partial charge >= 0.3 is 6.03 Å². The molecule has 1 aliphatic heterocycles. The zero-order valence-corrected chi connectivity index (χ0v) is 19.1. The molecule has 0 atom stereocenters. The average molecular weight is 448 g/mol. The number of nitrogens with one attached hydrogen (secondary N) is 3. The van der Waals surface area contributed by atoms with Crippen molar-refractivity contribution in [1.82, 2.24) is 20.5 Å². The number of piperidine rings is 1. The van der Waals surface area contributed by atoms with E-state index < -0.39 is 0 Å². The first-order chi connectivity index (χ1) is 16.0. The molecule has 0 radical (unpaired) electrons. The van der Waals surface area contributed by atoms with Crippen molar-refractivity contribution in [3.8, 4) is 5.75 Å². The van der Waals surface area contributed by atoms with Gasteiger partial charge in [-0.3, -0.25) is 9.78 Å². The Morgan fingerprint density at radius 1 is 1.06 bits per heavy atom. The lowest BCUT2D eigenvalue weighted by Gasteiger charge is -2.32. The molecule has 33 heavy (non-hydrogen) atoms. The number of likely N-dealkylation sites (tertiary alicyclic amines) is 1. The Hall–Kier alpha value is -3.81. The Bertz CT molecular complexity index is 1160. The number of rotatable bonds is 5. The summed E-state index contributed by atoms with van der Waals surface area (Å²) in [5, 5.41) is 9.68. The molecule has 0 bridgehead atoms. The molecular weight excluding hydrogens is 418 g/mol. The van der Waals surface area contributed by atoms with Crippen molar-refractivity contribution in [3.05, 3.63) is 59.8 Å². The number of para-hydroxylation sites is 1. The maximum absolute atomic E-state index is 12.6. The number of methoxy groups -OCH3 is 1. The third-order valence-electron chi connectivity index (χ3n) is 6.17. The standard InChI is InChI=1S/C25H29N5O3/c1-26-24(31)20-15-28-21-14-22(33-3)18(16-9-11-30(12-10-16)25(32)27-2)13-19(21)23(20)29-17-7-5-4-6-8-17/h4-8,13-16H,9-12H2,1-3H3,(H,26,31)(H,27,32)(H,28,29). The van der Waals surface area contributed by atoms with Crippen LogP contribution in [0.2, 0.25) is 0 Å². The van der Waals surface area contributed by atoms with E-state index in [2.05, 4.69) is 27.0 Å². The lowest BCUT2D eigenvalue weighted by Crippen LogP contribution is -2.42. The SMILES string of the molecule is CNC(=O)c1cnc2cc(OC)c(C3CCN(C(=O)NC)CC3)cc2c1Nc1ccccc1. The first kappa shape index (κ1) is 22.4. The minimum Gasteiger partial charge on any atom is -0.496 e. The number of hydrogen-bond donors (Lipinski definition) is 3. The first-order valence-corrected chi connectivity index (χ1v) is 11.1. The molecule has 2 heterocycles. The molecular formula is C25H29N5O3. The van der Waals surface area contributed by atoms with E-state index in [1.165, 1.54) is 0 Å². The molecule has 1 aromatic heterocycles. The molecule has 4 rings (SSSR count). The van der Waals surface area contributed by atoms with Crippen molar-refractivity contribution in [3.63, 3.8) is 0 Å². The van der Waals surface area contributed by atoms with E-state index in [4.69, 9.17) is 4.74 Å². The van der Waals surface area contributed by atoms with Crippen LogP contribution in [0.4, 0.5) is 16.2 Å². The van der Waals surface area contributed by atoms with E-state index in [-0.39, 0.29) is 17.9 Å². The summed E-state index contributed by atoms with van der Waals surface area (Å²) in [4.78, 5) is 31.0. The third-order valence-corrected chi connectivity index (χ3v) is 6.17. The fourth-order valence-electron chi connectivity index (χ4n) is 4.39. The van der Waals surface area contributed by atoms with Crippen LogP contribution in [-0.4, -0.2) is 56.1 Å². The van der Waals surface area contributed by atoms with Crippen LogP contribution < -0.4 is 20.7 Å². The van der Waals surface area contributed by atoms with Crippen LogP contribution in [0.25, 0.3) is 10.9 Å².